The van der Waals surface area contributed by atoms with E-state index in [1.165, 1.54) is 13.0 Å². The average Bonchev–Trinajstić information content (AvgIpc) is 2.18. The second-order valence-electron chi connectivity index (χ2n) is 3.18. The summed E-state index contributed by atoms with van der Waals surface area (Å²) in [4.78, 5) is 10.6. The molecular weight excluding hydrogens is 176 g/mol. The van der Waals surface area contributed by atoms with Gasteiger partial charge in [0.2, 0.25) is 0 Å². The standard InChI is InChI=1S/C12H14O2/c1-10(13)6-5-9-12(14)11-7-3-2-4-8-11/h2-8,12,14H,9H2,1H3/b6-5+. The number of carbonyl (C=O) groups excluding carboxylic acids is 1. The Kier molecular flexibility index (Phi) is 4.08. The van der Waals surface area contributed by atoms with Gasteiger partial charge in [-0.05, 0) is 25.0 Å². The summed E-state index contributed by atoms with van der Waals surface area (Å²) in [6.07, 6.45) is 3.13. The van der Waals surface area contributed by atoms with Crippen LogP contribution in [-0.2, 0) is 4.79 Å². The Labute approximate surface area is 83.9 Å². The summed E-state index contributed by atoms with van der Waals surface area (Å²) in [5.41, 5.74) is 0.876. The maximum atomic E-state index is 10.6. The van der Waals surface area contributed by atoms with Crippen LogP contribution in [0, 0.1) is 0 Å². The van der Waals surface area contributed by atoms with E-state index in [0.29, 0.717) is 6.42 Å². The van der Waals surface area contributed by atoms with Crippen molar-refractivity contribution in [3.63, 3.8) is 0 Å². The third-order valence-corrected chi connectivity index (χ3v) is 1.90. The third kappa shape index (κ3) is 3.54. The fourth-order valence-corrected chi connectivity index (χ4v) is 1.17. The zero-order valence-electron chi connectivity index (χ0n) is 8.18. The van der Waals surface area contributed by atoms with Gasteiger partial charge in [0.05, 0.1) is 6.10 Å². The monoisotopic (exact) mass is 190 g/mol. The van der Waals surface area contributed by atoms with E-state index >= 15 is 0 Å². The molecule has 0 heterocycles. The van der Waals surface area contributed by atoms with Gasteiger partial charge in [-0.15, -0.1) is 0 Å². The van der Waals surface area contributed by atoms with Gasteiger partial charge in [0.25, 0.3) is 0 Å². The Balaban J connectivity index is 2.51. The van der Waals surface area contributed by atoms with E-state index in [0.717, 1.165) is 5.56 Å². The first-order valence-electron chi connectivity index (χ1n) is 4.60. The minimum atomic E-state index is -0.521. The Morgan fingerprint density at radius 1 is 1.43 bits per heavy atom. The van der Waals surface area contributed by atoms with Crippen LogP contribution in [0.25, 0.3) is 0 Å². The third-order valence-electron chi connectivity index (χ3n) is 1.90. The Morgan fingerprint density at radius 2 is 2.07 bits per heavy atom. The van der Waals surface area contributed by atoms with Crippen LogP contribution in [0.4, 0.5) is 0 Å². The quantitative estimate of drug-likeness (QED) is 0.739. The zero-order chi connectivity index (χ0) is 10.4. The Morgan fingerprint density at radius 3 is 2.64 bits per heavy atom. The summed E-state index contributed by atoms with van der Waals surface area (Å²) in [5, 5.41) is 9.67. The first-order valence-corrected chi connectivity index (χ1v) is 4.60. The number of benzene rings is 1. The summed E-state index contributed by atoms with van der Waals surface area (Å²) in [5.74, 6) is 0.00487. The largest absolute Gasteiger partial charge is 0.388 e. The van der Waals surface area contributed by atoms with Crippen molar-refractivity contribution in [2.45, 2.75) is 19.4 Å². The molecule has 1 N–H and O–H groups in total. The van der Waals surface area contributed by atoms with Gasteiger partial charge in [0.15, 0.2) is 5.78 Å². The van der Waals surface area contributed by atoms with Crippen LogP contribution in [0.1, 0.15) is 25.0 Å². The van der Waals surface area contributed by atoms with Crippen molar-refractivity contribution >= 4 is 5.78 Å². The van der Waals surface area contributed by atoms with Crippen molar-refractivity contribution in [1.29, 1.82) is 0 Å². The van der Waals surface area contributed by atoms with Gasteiger partial charge in [-0.25, -0.2) is 0 Å². The second-order valence-corrected chi connectivity index (χ2v) is 3.18. The number of ketones is 1. The first kappa shape index (κ1) is 10.7. The highest BCUT2D eigenvalue weighted by atomic mass is 16.3. The molecule has 1 unspecified atom stereocenters. The van der Waals surface area contributed by atoms with Crippen LogP contribution < -0.4 is 0 Å². The van der Waals surface area contributed by atoms with Gasteiger partial charge in [-0.2, -0.15) is 0 Å². The molecule has 0 spiro atoms. The molecule has 0 aliphatic rings. The van der Waals surface area contributed by atoms with E-state index in [1.54, 1.807) is 6.08 Å². The lowest BCUT2D eigenvalue weighted by Crippen LogP contribution is -1.95. The van der Waals surface area contributed by atoms with E-state index < -0.39 is 6.10 Å². The zero-order valence-corrected chi connectivity index (χ0v) is 8.18. The molecule has 14 heavy (non-hydrogen) atoms. The molecule has 0 fully saturated rings. The van der Waals surface area contributed by atoms with Crippen molar-refractivity contribution in [1.82, 2.24) is 0 Å². The molecule has 0 amide bonds. The molecule has 0 bridgehead atoms. The molecule has 1 aromatic rings. The maximum Gasteiger partial charge on any atom is 0.152 e. The number of aliphatic hydroxyl groups is 1. The molecular formula is C12H14O2. The molecule has 0 aromatic heterocycles. The topological polar surface area (TPSA) is 37.3 Å². The van der Waals surface area contributed by atoms with E-state index in [2.05, 4.69) is 0 Å². The normalized spacial score (nSPS) is 13.0. The van der Waals surface area contributed by atoms with Crippen LogP contribution in [0.5, 0.6) is 0 Å². The van der Waals surface area contributed by atoms with Gasteiger partial charge in [0, 0.05) is 0 Å². The summed E-state index contributed by atoms with van der Waals surface area (Å²) in [7, 11) is 0. The Bertz CT molecular complexity index is 314. The van der Waals surface area contributed by atoms with Gasteiger partial charge >= 0.3 is 0 Å². The first-order chi connectivity index (χ1) is 6.70. The van der Waals surface area contributed by atoms with Crippen LogP contribution in [-0.4, -0.2) is 10.9 Å². The molecule has 0 saturated carbocycles. The summed E-state index contributed by atoms with van der Waals surface area (Å²) >= 11 is 0. The molecule has 0 aliphatic heterocycles. The van der Waals surface area contributed by atoms with Gasteiger partial charge < -0.3 is 5.11 Å². The van der Waals surface area contributed by atoms with E-state index in [4.69, 9.17) is 0 Å². The lowest BCUT2D eigenvalue weighted by Gasteiger charge is -2.06. The number of hydrogen-bond donors (Lipinski definition) is 1. The number of aliphatic hydroxyl groups excluding tert-OH is 1. The highest BCUT2D eigenvalue weighted by molar-refractivity contribution is 5.87. The molecule has 1 rings (SSSR count). The van der Waals surface area contributed by atoms with Gasteiger partial charge in [-0.3, -0.25) is 4.79 Å². The summed E-state index contributed by atoms with van der Waals surface area (Å²) in [6.45, 7) is 1.49. The van der Waals surface area contributed by atoms with Crippen LogP contribution in [0.2, 0.25) is 0 Å². The molecule has 2 heteroatoms. The number of allylic oxidation sites excluding steroid dienone is 1. The van der Waals surface area contributed by atoms with Gasteiger partial charge in [0.1, 0.15) is 0 Å². The van der Waals surface area contributed by atoms with Gasteiger partial charge in [-0.1, -0.05) is 36.4 Å². The lowest BCUT2D eigenvalue weighted by atomic mass is 10.1. The smallest absolute Gasteiger partial charge is 0.152 e. The van der Waals surface area contributed by atoms with E-state index in [-0.39, 0.29) is 5.78 Å². The fraction of sp³-hybridized carbons (Fsp3) is 0.250. The van der Waals surface area contributed by atoms with Crippen LogP contribution >= 0.6 is 0 Å². The van der Waals surface area contributed by atoms with Crippen molar-refractivity contribution in [2.24, 2.45) is 0 Å². The molecule has 2 nitrogen and oxygen atoms in total. The van der Waals surface area contributed by atoms with Crippen molar-refractivity contribution in [3.05, 3.63) is 48.0 Å². The van der Waals surface area contributed by atoms with Crippen molar-refractivity contribution < 1.29 is 9.90 Å². The average molecular weight is 190 g/mol. The maximum absolute atomic E-state index is 10.6. The van der Waals surface area contributed by atoms with Crippen LogP contribution in [0.15, 0.2) is 42.5 Å². The minimum Gasteiger partial charge on any atom is -0.388 e. The summed E-state index contributed by atoms with van der Waals surface area (Å²) < 4.78 is 0. The number of carbonyl (C=O) groups is 1. The number of rotatable bonds is 4. The highest BCUT2D eigenvalue weighted by Gasteiger charge is 2.03. The fourth-order valence-electron chi connectivity index (χ4n) is 1.17. The predicted molar refractivity (Wildman–Crippen MR) is 55.8 cm³/mol. The van der Waals surface area contributed by atoms with E-state index in [1.807, 2.05) is 30.3 Å². The molecule has 0 saturated heterocycles. The minimum absolute atomic E-state index is 0.00487. The Hall–Kier alpha value is -1.41. The molecule has 0 aliphatic carbocycles. The SMILES string of the molecule is CC(=O)/C=C/CC(O)c1ccccc1. The summed E-state index contributed by atoms with van der Waals surface area (Å²) in [6, 6.07) is 9.40. The number of hydrogen-bond acceptors (Lipinski definition) is 2. The van der Waals surface area contributed by atoms with E-state index in [9.17, 15) is 9.90 Å². The molecule has 0 radical (unpaired) electrons. The second kappa shape index (κ2) is 5.35. The van der Waals surface area contributed by atoms with Crippen LogP contribution in [0.3, 0.4) is 0 Å². The lowest BCUT2D eigenvalue weighted by molar-refractivity contribution is -0.112. The molecule has 74 valence electrons. The molecule has 1 aromatic carbocycles. The highest BCUT2D eigenvalue weighted by Crippen LogP contribution is 2.15. The van der Waals surface area contributed by atoms with Crippen molar-refractivity contribution in [3.8, 4) is 0 Å². The predicted octanol–water partition coefficient (Wildman–Crippen LogP) is 2.26. The molecule has 1 atom stereocenters. The van der Waals surface area contributed by atoms with Crippen molar-refractivity contribution in [2.75, 3.05) is 0 Å².